The Morgan fingerprint density at radius 1 is 0.288 bits per heavy atom. The highest BCUT2D eigenvalue weighted by Gasteiger charge is 2.19. The summed E-state index contributed by atoms with van der Waals surface area (Å²) in [4.78, 5) is 18.5. The van der Waals surface area contributed by atoms with Crippen LogP contribution in [0, 0.1) is 0 Å². The smallest absolute Gasteiger partial charge is 0.139 e. The van der Waals surface area contributed by atoms with E-state index in [1.165, 1.54) is 21.9 Å². The fraction of sp³-hybridized carbons (Fsp3) is 0. The van der Waals surface area contributed by atoms with Gasteiger partial charge in [-0.05, 0) is 70.8 Å². The molecule has 5 heterocycles. The molecular weight excluding hydrogens is 628 g/mol. The molecule has 0 aliphatic carbocycles. The lowest BCUT2D eigenvalue weighted by molar-refractivity contribution is 1.31. The van der Waals surface area contributed by atoms with E-state index in [1.54, 1.807) is 0 Å². The number of fused-ring (bicyclic) bond motifs is 8. The van der Waals surface area contributed by atoms with Gasteiger partial charge in [0.2, 0.25) is 0 Å². The molecule has 7 aromatic rings. The van der Waals surface area contributed by atoms with Gasteiger partial charge in [0.1, 0.15) is 31.4 Å². The maximum Gasteiger partial charge on any atom is 0.139 e. The quantitative estimate of drug-likeness (QED) is 0.276. The van der Waals surface area contributed by atoms with E-state index in [4.69, 9.17) is 9.97 Å². The van der Waals surface area contributed by atoms with Gasteiger partial charge < -0.3 is 9.97 Å². The van der Waals surface area contributed by atoms with Gasteiger partial charge in [-0.3, -0.25) is 0 Å². The van der Waals surface area contributed by atoms with E-state index < -0.39 is 0 Å². The molecule has 2 aliphatic rings. The highest BCUT2D eigenvalue weighted by molar-refractivity contribution is 6.33. The standard InChI is InChI=1S/C44H34B4N4/c45-29-9-1-25(2-10-29)41-33-17-19-35(49-33)42(26-3-11-30(46)12-4-26)37-21-23-39(51-37)44(28-7-15-32(48)16-8-28)40-24-22-38(52-40)43(36-20-18-34(41)50-36)27-5-13-31(47)14-6-27/h1-24,49,52H,45-48H2. The minimum Gasteiger partial charge on any atom is -0.354 e. The van der Waals surface area contributed by atoms with Gasteiger partial charge in [-0.2, -0.15) is 0 Å². The lowest BCUT2D eigenvalue weighted by Crippen LogP contribution is -2.00. The van der Waals surface area contributed by atoms with Gasteiger partial charge in [0, 0.05) is 44.3 Å². The van der Waals surface area contributed by atoms with Crippen LogP contribution in [0.4, 0.5) is 0 Å². The SMILES string of the molecule is Bc1ccc(-c2c3nc(c(-c4ccc(B)cc4)c4ccc([nH]4)c(-c4ccc(B)cc4)c4nc(c(-c5ccc(B)cc5)c5ccc2[nH]5)C=C4)C=C3)cc1. The number of benzene rings is 4. The zero-order valence-electron chi connectivity index (χ0n) is 29.8. The number of aromatic amines is 2. The second-order valence-corrected chi connectivity index (χ2v) is 14.0. The van der Waals surface area contributed by atoms with Gasteiger partial charge in [0.15, 0.2) is 0 Å². The van der Waals surface area contributed by atoms with Crippen molar-refractivity contribution in [3.8, 4) is 44.5 Å². The van der Waals surface area contributed by atoms with Gasteiger partial charge in [-0.15, -0.1) is 0 Å². The fourth-order valence-corrected chi connectivity index (χ4v) is 7.30. The van der Waals surface area contributed by atoms with Crippen LogP contribution in [0.2, 0.25) is 0 Å². The topological polar surface area (TPSA) is 57.4 Å². The Hall–Kier alpha value is -6.26. The van der Waals surface area contributed by atoms with Crippen molar-refractivity contribution >= 4 is 99.6 Å². The summed E-state index contributed by atoms with van der Waals surface area (Å²) < 4.78 is 0. The third-order valence-electron chi connectivity index (χ3n) is 10.1. The summed E-state index contributed by atoms with van der Waals surface area (Å²) in [5.74, 6) is 0. The number of hydrogen-bond acceptors (Lipinski definition) is 2. The molecular formula is C44H34B4N4. The number of nitrogens with one attached hydrogen (secondary N) is 2. The molecule has 2 N–H and O–H groups in total. The van der Waals surface area contributed by atoms with Crippen LogP contribution in [-0.2, 0) is 0 Å². The molecule has 0 amide bonds. The van der Waals surface area contributed by atoms with Crippen LogP contribution in [0.3, 0.4) is 0 Å². The second kappa shape index (κ2) is 12.8. The average Bonchev–Trinajstić information content (AvgIpc) is 3.99. The van der Waals surface area contributed by atoms with Crippen LogP contribution in [-0.4, -0.2) is 51.3 Å². The van der Waals surface area contributed by atoms with Gasteiger partial charge in [0.05, 0.1) is 22.8 Å². The Morgan fingerprint density at radius 3 is 0.712 bits per heavy atom. The summed E-state index contributed by atoms with van der Waals surface area (Å²) in [6.07, 6.45) is 8.61. The Labute approximate surface area is 307 Å². The van der Waals surface area contributed by atoms with E-state index in [-0.39, 0.29) is 0 Å². The van der Waals surface area contributed by atoms with E-state index in [2.05, 4.69) is 187 Å². The monoisotopic (exact) mass is 662 g/mol. The highest BCUT2D eigenvalue weighted by atomic mass is 14.8. The van der Waals surface area contributed by atoms with Crippen molar-refractivity contribution < 1.29 is 0 Å². The summed E-state index contributed by atoms with van der Waals surface area (Å²) in [7, 11) is 8.49. The summed E-state index contributed by atoms with van der Waals surface area (Å²) in [5, 5.41) is 0. The van der Waals surface area contributed by atoms with Crippen LogP contribution in [0.5, 0.6) is 0 Å². The Balaban J connectivity index is 1.47. The van der Waals surface area contributed by atoms with Crippen molar-refractivity contribution in [2.45, 2.75) is 0 Å². The third-order valence-corrected chi connectivity index (χ3v) is 10.1. The van der Waals surface area contributed by atoms with E-state index in [9.17, 15) is 0 Å². The predicted octanol–water partition coefficient (Wildman–Crippen LogP) is 4.36. The van der Waals surface area contributed by atoms with Crippen LogP contribution < -0.4 is 21.9 Å². The molecule has 0 saturated heterocycles. The molecule has 242 valence electrons. The Morgan fingerprint density at radius 2 is 0.500 bits per heavy atom. The van der Waals surface area contributed by atoms with Crippen molar-refractivity contribution in [3.05, 3.63) is 144 Å². The molecule has 8 heteroatoms. The first kappa shape index (κ1) is 31.7. The van der Waals surface area contributed by atoms with Crippen molar-refractivity contribution in [2.75, 3.05) is 0 Å². The lowest BCUT2D eigenvalue weighted by atomic mass is 9.93. The number of aromatic nitrogens is 4. The Bertz CT molecular complexity index is 2370. The van der Waals surface area contributed by atoms with Crippen molar-refractivity contribution in [2.24, 2.45) is 0 Å². The molecule has 9 rings (SSSR count). The summed E-state index contributed by atoms with van der Waals surface area (Å²) in [6.45, 7) is 0. The van der Waals surface area contributed by atoms with Crippen LogP contribution in [0.15, 0.2) is 121 Å². The number of H-pyrrole nitrogens is 2. The minimum absolute atomic E-state index is 0.910. The van der Waals surface area contributed by atoms with Crippen LogP contribution in [0.1, 0.15) is 22.8 Å². The zero-order chi connectivity index (χ0) is 35.3. The summed E-state index contributed by atoms with van der Waals surface area (Å²) in [6, 6.07) is 43.6. The number of nitrogens with zero attached hydrogens (tertiary/aromatic N) is 2. The molecule has 0 atom stereocenters. The van der Waals surface area contributed by atoms with E-state index in [1.807, 2.05) is 0 Å². The van der Waals surface area contributed by atoms with E-state index in [0.717, 1.165) is 89.4 Å². The van der Waals surface area contributed by atoms with E-state index >= 15 is 0 Å². The molecule has 0 spiro atoms. The third kappa shape index (κ3) is 5.76. The minimum atomic E-state index is 0.910. The first-order valence-electron chi connectivity index (χ1n) is 17.8. The van der Waals surface area contributed by atoms with Gasteiger partial charge >= 0.3 is 0 Å². The van der Waals surface area contributed by atoms with Crippen LogP contribution in [0.25, 0.3) is 90.9 Å². The van der Waals surface area contributed by atoms with Crippen LogP contribution >= 0.6 is 0 Å². The largest absolute Gasteiger partial charge is 0.354 e. The number of hydrogen-bond donors (Lipinski definition) is 2. The van der Waals surface area contributed by atoms with Gasteiger partial charge in [-0.1, -0.05) is 119 Å². The highest BCUT2D eigenvalue weighted by Crippen LogP contribution is 2.38. The summed E-state index contributed by atoms with van der Waals surface area (Å²) in [5.41, 5.74) is 21.1. The Kier molecular flexibility index (Phi) is 7.81. The average molecular weight is 662 g/mol. The first-order valence-corrected chi connectivity index (χ1v) is 17.8. The summed E-state index contributed by atoms with van der Waals surface area (Å²) >= 11 is 0. The molecule has 0 fully saturated rings. The fourth-order valence-electron chi connectivity index (χ4n) is 7.30. The molecule has 8 bridgehead atoms. The zero-order valence-corrected chi connectivity index (χ0v) is 29.8. The second-order valence-electron chi connectivity index (χ2n) is 14.0. The van der Waals surface area contributed by atoms with E-state index in [0.29, 0.717) is 0 Å². The normalized spacial score (nSPS) is 12.0. The molecule has 4 aromatic carbocycles. The molecule has 0 unspecified atom stereocenters. The maximum atomic E-state index is 5.41. The molecule has 3 aromatic heterocycles. The molecule has 0 saturated carbocycles. The van der Waals surface area contributed by atoms with Crippen molar-refractivity contribution in [1.29, 1.82) is 0 Å². The van der Waals surface area contributed by atoms with Crippen molar-refractivity contribution in [3.63, 3.8) is 0 Å². The molecule has 4 nitrogen and oxygen atoms in total. The molecule has 2 aliphatic heterocycles. The predicted molar refractivity (Wildman–Crippen MR) is 233 cm³/mol. The maximum absolute atomic E-state index is 5.41. The van der Waals surface area contributed by atoms with Crippen molar-refractivity contribution in [1.82, 2.24) is 19.9 Å². The van der Waals surface area contributed by atoms with Gasteiger partial charge in [0.25, 0.3) is 0 Å². The molecule has 0 radical (unpaired) electrons. The van der Waals surface area contributed by atoms with Gasteiger partial charge in [-0.25, -0.2) is 9.97 Å². The first-order chi connectivity index (χ1) is 25.4. The number of rotatable bonds is 4. The molecule has 52 heavy (non-hydrogen) atoms. The lowest BCUT2D eigenvalue weighted by Gasteiger charge is -2.08.